The van der Waals surface area contributed by atoms with E-state index < -0.39 is 0 Å². The molecule has 3 N–H and O–H groups in total. The van der Waals surface area contributed by atoms with Crippen molar-refractivity contribution in [3.05, 3.63) is 63.5 Å². The molecule has 3 aromatic rings. The molecule has 4 nitrogen and oxygen atoms in total. The van der Waals surface area contributed by atoms with Gasteiger partial charge in [-0.15, -0.1) is 11.3 Å². The molecule has 2 aromatic carbocycles. The number of nitrogens with zero attached hydrogens (tertiary/aromatic N) is 1. The molecule has 1 aromatic heterocycles. The number of halogens is 1. The molecule has 0 spiro atoms. The molecular weight excluding hydrogens is 436 g/mol. The Morgan fingerprint density at radius 1 is 1.00 bits per heavy atom. The number of hydrogen-bond acceptors (Lipinski definition) is 5. The molecule has 0 amide bonds. The Kier molecular flexibility index (Phi) is 6.96. The van der Waals surface area contributed by atoms with Gasteiger partial charge in [-0.05, 0) is 67.4 Å². The topological polar surface area (TPSA) is 49.0 Å². The van der Waals surface area contributed by atoms with Crippen LogP contribution in [0.1, 0.15) is 42.4 Å². The Bertz CT molecular complexity index is 1040. The van der Waals surface area contributed by atoms with Gasteiger partial charge >= 0.3 is 0 Å². The summed E-state index contributed by atoms with van der Waals surface area (Å²) in [5.74, 6) is 0.818. The summed E-state index contributed by atoms with van der Waals surface area (Å²) in [5.41, 5.74) is 7.31. The van der Waals surface area contributed by atoms with Gasteiger partial charge in [0.2, 0.25) is 0 Å². The molecule has 0 saturated heterocycles. The van der Waals surface area contributed by atoms with Crippen LogP contribution in [0, 0.1) is 5.92 Å². The first-order chi connectivity index (χ1) is 15.8. The average Bonchev–Trinajstić information content (AvgIpc) is 3.45. The van der Waals surface area contributed by atoms with E-state index in [9.17, 15) is 0 Å². The van der Waals surface area contributed by atoms with E-state index in [2.05, 4.69) is 51.7 Å². The van der Waals surface area contributed by atoms with Crippen molar-refractivity contribution in [3.63, 3.8) is 0 Å². The number of anilines is 2. The van der Waals surface area contributed by atoms with Crippen LogP contribution in [-0.4, -0.2) is 24.6 Å². The summed E-state index contributed by atoms with van der Waals surface area (Å²) in [7, 11) is 0. The number of thiazole rings is 1. The summed E-state index contributed by atoms with van der Waals surface area (Å²) in [6, 6.07) is 12.9. The first-order valence-corrected chi connectivity index (χ1v) is 13.1. The molecule has 2 aliphatic rings. The van der Waals surface area contributed by atoms with Gasteiger partial charge in [0.05, 0.1) is 16.4 Å². The lowest BCUT2D eigenvalue weighted by Crippen LogP contribution is -2.16. The standard InChI is InChI=1S/C26H31ClN4S/c27-23-10-9-20-11-13-28-14-12-22(20)25(23)29-15-19-5-7-21(8-6-19)24-17-32-26(31-24)30-16-18-3-1-2-4-18/h5-10,17-18,28-29H,1-4,11-16H2,(H,30,31). The summed E-state index contributed by atoms with van der Waals surface area (Å²) >= 11 is 8.26. The summed E-state index contributed by atoms with van der Waals surface area (Å²) in [6.07, 6.45) is 7.54. The Balaban J connectivity index is 1.21. The lowest BCUT2D eigenvalue weighted by Gasteiger charge is -2.16. The fourth-order valence-corrected chi connectivity index (χ4v) is 5.83. The van der Waals surface area contributed by atoms with Crippen LogP contribution in [0.3, 0.4) is 0 Å². The van der Waals surface area contributed by atoms with Crippen molar-refractivity contribution in [2.45, 2.75) is 45.1 Å². The Morgan fingerprint density at radius 3 is 2.66 bits per heavy atom. The van der Waals surface area contributed by atoms with Crippen molar-refractivity contribution in [2.75, 3.05) is 30.3 Å². The summed E-state index contributed by atoms with van der Waals surface area (Å²) < 4.78 is 0. The summed E-state index contributed by atoms with van der Waals surface area (Å²) in [5, 5.41) is 14.6. The molecule has 1 aliphatic heterocycles. The zero-order chi connectivity index (χ0) is 21.8. The van der Waals surface area contributed by atoms with Crippen molar-refractivity contribution in [2.24, 2.45) is 5.92 Å². The van der Waals surface area contributed by atoms with Crippen LogP contribution in [-0.2, 0) is 19.4 Å². The Hall–Kier alpha value is -2.08. The van der Waals surface area contributed by atoms with E-state index >= 15 is 0 Å². The van der Waals surface area contributed by atoms with Gasteiger partial charge in [-0.1, -0.05) is 54.8 Å². The van der Waals surface area contributed by atoms with E-state index in [4.69, 9.17) is 16.6 Å². The van der Waals surface area contributed by atoms with Gasteiger partial charge < -0.3 is 16.0 Å². The maximum absolute atomic E-state index is 6.56. The highest BCUT2D eigenvalue weighted by atomic mass is 35.5. The lowest BCUT2D eigenvalue weighted by atomic mass is 10.0. The summed E-state index contributed by atoms with van der Waals surface area (Å²) in [6.45, 7) is 3.85. The van der Waals surface area contributed by atoms with Gasteiger partial charge in [0.1, 0.15) is 0 Å². The Labute approximate surface area is 199 Å². The van der Waals surface area contributed by atoms with Crippen LogP contribution in [0.4, 0.5) is 10.8 Å². The monoisotopic (exact) mass is 466 g/mol. The first kappa shape index (κ1) is 21.7. The molecule has 1 saturated carbocycles. The van der Waals surface area contributed by atoms with Crippen LogP contribution in [0.5, 0.6) is 0 Å². The minimum atomic E-state index is 0.759. The molecule has 2 heterocycles. The van der Waals surface area contributed by atoms with Crippen LogP contribution < -0.4 is 16.0 Å². The predicted molar refractivity (Wildman–Crippen MR) is 137 cm³/mol. The largest absolute Gasteiger partial charge is 0.380 e. The zero-order valence-corrected chi connectivity index (χ0v) is 20.0. The molecule has 5 rings (SSSR count). The van der Waals surface area contributed by atoms with Crippen LogP contribution in [0.2, 0.25) is 5.02 Å². The van der Waals surface area contributed by atoms with E-state index in [-0.39, 0.29) is 0 Å². The molecule has 168 valence electrons. The third-order valence-corrected chi connectivity index (χ3v) is 7.84. The fraction of sp³-hybridized carbons (Fsp3) is 0.423. The van der Waals surface area contributed by atoms with Gasteiger partial charge in [-0.25, -0.2) is 4.98 Å². The molecule has 0 atom stereocenters. The van der Waals surface area contributed by atoms with Crippen molar-refractivity contribution >= 4 is 33.8 Å². The number of aromatic nitrogens is 1. The van der Waals surface area contributed by atoms with Crippen LogP contribution >= 0.6 is 22.9 Å². The normalized spacial score (nSPS) is 16.5. The zero-order valence-electron chi connectivity index (χ0n) is 18.4. The van der Waals surface area contributed by atoms with Crippen molar-refractivity contribution in [3.8, 4) is 11.3 Å². The second-order valence-electron chi connectivity index (χ2n) is 8.93. The molecule has 0 unspecified atom stereocenters. The quantitative estimate of drug-likeness (QED) is 0.379. The molecule has 6 heteroatoms. The first-order valence-electron chi connectivity index (χ1n) is 11.8. The van der Waals surface area contributed by atoms with Gasteiger partial charge in [-0.3, -0.25) is 0 Å². The van der Waals surface area contributed by atoms with E-state index in [0.717, 1.165) is 72.0 Å². The number of hydrogen-bond donors (Lipinski definition) is 3. The highest BCUT2D eigenvalue weighted by molar-refractivity contribution is 7.14. The number of rotatable bonds is 7. The average molecular weight is 467 g/mol. The number of fused-ring (bicyclic) bond motifs is 1. The highest BCUT2D eigenvalue weighted by Gasteiger charge is 2.16. The minimum absolute atomic E-state index is 0.759. The predicted octanol–water partition coefficient (Wildman–Crippen LogP) is 6.37. The molecular formula is C26H31ClN4S. The smallest absolute Gasteiger partial charge is 0.183 e. The van der Waals surface area contributed by atoms with Gasteiger partial charge in [0, 0.05) is 24.0 Å². The SMILES string of the molecule is Clc1ccc2c(c1NCc1ccc(-c3csc(NCC4CCCC4)n3)cc1)CCNCC2. The number of benzene rings is 2. The lowest BCUT2D eigenvalue weighted by molar-refractivity contribution is 0.580. The van der Waals surface area contributed by atoms with Gasteiger partial charge in [-0.2, -0.15) is 0 Å². The molecule has 1 fully saturated rings. The third-order valence-electron chi connectivity index (χ3n) is 6.72. The Morgan fingerprint density at radius 2 is 1.81 bits per heavy atom. The van der Waals surface area contributed by atoms with Gasteiger partial charge in [0.15, 0.2) is 5.13 Å². The van der Waals surface area contributed by atoms with E-state index in [1.165, 1.54) is 42.4 Å². The van der Waals surface area contributed by atoms with Crippen LogP contribution in [0.15, 0.2) is 41.8 Å². The third kappa shape index (κ3) is 5.11. The molecule has 1 aliphatic carbocycles. The number of nitrogens with one attached hydrogen (secondary N) is 3. The van der Waals surface area contributed by atoms with Gasteiger partial charge in [0.25, 0.3) is 0 Å². The second kappa shape index (κ2) is 10.2. The highest BCUT2D eigenvalue weighted by Crippen LogP contribution is 2.32. The maximum Gasteiger partial charge on any atom is 0.183 e. The fourth-order valence-electron chi connectivity index (χ4n) is 4.85. The molecule has 0 bridgehead atoms. The second-order valence-corrected chi connectivity index (χ2v) is 10.2. The maximum atomic E-state index is 6.56. The van der Waals surface area contributed by atoms with E-state index in [1.807, 2.05) is 6.07 Å². The van der Waals surface area contributed by atoms with Crippen molar-refractivity contribution < 1.29 is 0 Å². The van der Waals surface area contributed by atoms with Crippen LogP contribution in [0.25, 0.3) is 11.3 Å². The summed E-state index contributed by atoms with van der Waals surface area (Å²) in [4.78, 5) is 4.80. The van der Waals surface area contributed by atoms with Crippen molar-refractivity contribution in [1.29, 1.82) is 0 Å². The molecule has 32 heavy (non-hydrogen) atoms. The van der Waals surface area contributed by atoms with E-state index in [0.29, 0.717) is 0 Å². The minimum Gasteiger partial charge on any atom is -0.380 e. The van der Waals surface area contributed by atoms with E-state index in [1.54, 1.807) is 11.3 Å². The molecule has 0 radical (unpaired) electrons. The van der Waals surface area contributed by atoms with Crippen molar-refractivity contribution in [1.82, 2.24) is 10.3 Å².